The first-order valence-electron chi connectivity index (χ1n) is 11.5. The molecule has 0 radical (unpaired) electrons. The number of hydrogen-bond acceptors (Lipinski definition) is 6. The molecule has 3 aromatic carbocycles. The second kappa shape index (κ2) is 11.8. The number of anilines is 1. The quantitative estimate of drug-likeness (QED) is 0.319. The summed E-state index contributed by atoms with van der Waals surface area (Å²) in [6, 6.07) is 24.8. The van der Waals surface area contributed by atoms with Crippen molar-refractivity contribution in [1.29, 1.82) is 0 Å². The molecule has 8 nitrogen and oxygen atoms in total. The van der Waals surface area contributed by atoms with Crippen molar-refractivity contribution in [3.05, 3.63) is 84.4 Å². The predicted octanol–water partition coefficient (Wildman–Crippen LogP) is 4.68. The Bertz CT molecular complexity index is 1240. The van der Waals surface area contributed by atoms with E-state index in [0.717, 1.165) is 16.8 Å². The number of nitrogens with one attached hydrogen (secondary N) is 1. The topological polar surface area (TPSA) is 87.5 Å². The van der Waals surface area contributed by atoms with Gasteiger partial charge >= 0.3 is 6.01 Å². The number of carbonyl (C=O) groups excluding carboxylic acids is 1. The third-order valence-electron chi connectivity index (χ3n) is 5.15. The standard InChI is InChI=1S/C27H28N4O4/c1-3-33-17-18-34-27-29-26(24-12-8-7-9-20(24)2)31(30-27)22-15-13-21(14-16-22)28-25(32)19-35-23-10-5-4-6-11-23/h4-16H,3,17-19H2,1-2H3,(H,28,32). The van der Waals surface area contributed by atoms with Gasteiger partial charge in [0.15, 0.2) is 12.4 Å². The van der Waals surface area contributed by atoms with Crippen LogP contribution in [-0.2, 0) is 9.53 Å². The normalized spacial score (nSPS) is 10.7. The molecule has 35 heavy (non-hydrogen) atoms. The van der Waals surface area contributed by atoms with Crippen molar-refractivity contribution in [3.63, 3.8) is 0 Å². The van der Waals surface area contributed by atoms with Gasteiger partial charge in [-0.15, -0.1) is 5.10 Å². The van der Waals surface area contributed by atoms with Crippen molar-refractivity contribution in [2.75, 3.05) is 31.7 Å². The molecular weight excluding hydrogens is 444 g/mol. The monoisotopic (exact) mass is 472 g/mol. The lowest BCUT2D eigenvalue weighted by molar-refractivity contribution is -0.118. The number of nitrogens with zero attached hydrogens (tertiary/aromatic N) is 3. The Balaban J connectivity index is 1.49. The van der Waals surface area contributed by atoms with Crippen molar-refractivity contribution in [2.45, 2.75) is 13.8 Å². The molecule has 1 heterocycles. The zero-order valence-electron chi connectivity index (χ0n) is 19.8. The molecule has 1 aromatic heterocycles. The third-order valence-corrected chi connectivity index (χ3v) is 5.15. The number of benzene rings is 3. The lowest BCUT2D eigenvalue weighted by atomic mass is 10.1. The van der Waals surface area contributed by atoms with E-state index in [1.165, 1.54) is 0 Å². The fraction of sp³-hybridized carbons (Fsp3) is 0.222. The van der Waals surface area contributed by atoms with Crippen LogP contribution in [0.1, 0.15) is 12.5 Å². The Morgan fingerprint density at radius 3 is 2.40 bits per heavy atom. The molecule has 0 unspecified atom stereocenters. The first-order valence-corrected chi connectivity index (χ1v) is 11.5. The summed E-state index contributed by atoms with van der Waals surface area (Å²) in [6.07, 6.45) is 0. The molecule has 0 spiro atoms. The molecule has 4 aromatic rings. The van der Waals surface area contributed by atoms with E-state index < -0.39 is 0 Å². The average Bonchev–Trinajstić information content (AvgIpc) is 3.31. The third kappa shape index (κ3) is 6.45. The highest BCUT2D eigenvalue weighted by Crippen LogP contribution is 2.27. The predicted molar refractivity (Wildman–Crippen MR) is 134 cm³/mol. The summed E-state index contributed by atoms with van der Waals surface area (Å²) in [6.45, 7) is 5.34. The minimum atomic E-state index is -0.243. The Morgan fingerprint density at radius 2 is 1.66 bits per heavy atom. The van der Waals surface area contributed by atoms with Gasteiger partial charge in [0.05, 0.1) is 12.3 Å². The van der Waals surface area contributed by atoms with Crippen LogP contribution in [0, 0.1) is 6.92 Å². The zero-order chi connectivity index (χ0) is 24.5. The van der Waals surface area contributed by atoms with Gasteiger partial charge in [0, 0.05) is 17.9 Å². The van der Waals surface area contributed by atoms with E-state index in [4.69, 9.17) is 14.2 Å². The number of ether oxygens (including phenoxy) is 3. The molecule has 180 valence electrons. The molecule has 0 aliphatic rings. The number of hydrogen-bond donors (Lipinski definition) is 1. The number of carbonyl (C=O) groups is 1. The van der Waals surface area contributed by atoms with E-state index in [1.54, 1.807) is 16.8 Å². The fourth-order valence-corrected chi connectivity index (χ4v) is 3.42. The molecule has 1 amide bonds. The number of rotatable bonds is 11. The van der Waals surface area contributed by atoms with Crippen molar-refractivity contribution < 1.29 is 19.0 Å². The maximum Gasteiger partial charge on any atom is 0.336 e. The Kier molecular flexibility index (Phi) is 8.08. The lowest BCUT2D eigenvalue weighted by Crippen LogP contribution is -2.20. The molecule has 0 aliphatic carbocycles. The Hall–Kier alpha value is -4.17. The van der Waals surface area contributed by atoms with E-state index in [-0.39, 0.29) is 18.5 Å². The zero-order valence-corrected chi connectivity index (χ0v) is 19.8. The summed E-state index contributed by atoms with van der Waals surface area (Å²) in [7, 11) is 0. The molecule has 0 bridgehead atoms. The van der Waals surface area contributed by atoms with Crippen molar-refractivity contribution in [3.8, 4) is 28.8 Å². The summed E-state index contributed by atoms with van der Waals surface area (Å²) in [5.74, 6) is 1.07. The van der Waals surface area contributed by atoms with Crippen molar-refractivity contribution >= 4 is 11.6 Å². The van der Waals surface area contributed by atoms with E-state index in [2.05, 4.69) is 15.4 Å². The van der Waals surface area contributed by atoms with Gasteiger partial charge in [-0.05, 0) is 55.8 Å². The van der Waals surface area contributed by atoms with Crippen LogP contribution < -0.4 is 14.8 Å². The highest BCUT2D eigenvalue weighted by molar-refractivity contribution is 5.92. The van der Waals surface area contributed by atoms with E-state index in [0.29, 0.717) is 37.1 Å². The van der Waals surface area contributed by atoms with Crippen LogP contribution in [0.3, 0.4) is 0 Å². The lowest BCUT2D eigenvalue weighted by Gasteiger charge is -2.10. The Labute approximate surface area is 204 Å². The smallest absolute Gasteiger partial charge is 0.336 e. The number of aromatic nitrogens is 3. The van der Waals surface area contributed by atoms with Gasteiger partial charge < -0.3 is 19.5 Å². The van der Waals surface area contributed by atoms with Gasteiger partial charge in [-0.1, -0.05) is 42.5 Å². The summed E-state index contributed by atoms with van der Waals surface area (Å²) in [4.78, 5) is 16.9. The average molecular weight is 473 g/mol. The molecule has 4 rings (SSSR count). The Morgan fingerprint density at radius 1 is 0.914 bits per heavy atom. The maximum absolute atomic E-state index is 12.3. The van der Waals surface area contributed by atoms with E-state index >= 15 is 0 Å². The van der Waals surface area contributed by atoms with E-state index in [1.807, 2.05) is 80.6 Å². The first kappa shape index (κ1) is 24.0. The number of aryl methyl sites for hydroxylation is 1. The van der Waals surface area contributed by atoms with E-state index in [9.17, 15) is 4.79 Å². The van der Waals surface area contributed by atoms with Gasteiger partial charge in [0.1, 0.15) is 12.4 Å². The van der Waals surface area contributed by atoms with Gasteiger partial charge in [-0.3, -0.25) is 4.79 Å². The minimum Gasteiger partial charge on any atom is -0.484 e. The van der Waals surface area contributed by atoms with Crippen LogP contribution in [0.2, 0.25) is 0 Å². The SMILES string of the molecule is CCOCCOc1nc(-c2ccccc2C)n(-c2ccc(NC(=O)COc3ccccc3)cc2)n1. The molecular formula is C27H28N4O4. The van der Waals surface area contributed by atoms with Crippen molar-refractivity contribution in [2.24, 2.45) is 0 Å². The van der Waals surface area contributed by atoms with Gasteiger partial charge in [-0.25, -0.2) is 4.68 Å². The van der Waals surface area contributed by atoms with Gasteiger partial charge in [0.2, 0.25) is 0 Å². The molecule has 0 aliphatic heterocycles. The highest BCUT2D eigenvalue weighted by Gasteiger charge is 2.16. The van der Waals surface area contributed by atoms with Crippen LogP contribution in [0.25, 0.3) is 17.1 Å². The highest BCUT2D eigenvalue weighted by atomic mass is 16.5. The van der Waals surface area contributed by atoms with Gasteiger partial charge in [0.25, 0.3) is 5.91 Å². The summed E-state index contributed by atoms with van der Waals surface area (Å²) >= 11 is 0. The molecule has 1 N–H and O–H groups in total. The second-order valence-corrected chi connectivity index (χ2v) is 7.69. The molecule has 8 heteroatoms. The summed E-state index contributed by atoms with van der Waals surface area (Å²) in [5, 5.41) is 7.41. The van der Waals surface area contributed by atoms with Crippen LogP contribution >= 0.6 is 0 Å². The summed E-state index contributed by atoms with van der Waals surface area (Å²) in [5.41, 5.74) is 3.47. The second-order valence-electron chi connectivity index (χ2n) is 7.69. The van der Waals surface area contributed by atoms with Crippen LogP contribution in [0.15, 0.2) is 78.9 Å². The molecule has 0 saturated heterocycles. The van der Waals surface area contributed by atoms with Gasteiger partial charge in [-0.2, -0.15) is 4.98 Å². The molecule has 0 atom stereocenters. The fourth-order valence-electron chi connectivity index (χ4n) is 3.42. The molecule has 0 fully saturated rings. The number of amides is 1. The molecule has 0 saturated carbocycles. The largest absolute Gasteiger partial charge is 0.484 e. The van der Waals surface area contributed by atoms with Crippen LogP contribution in [0.5, 0.6) is 11.8 Å². The van der Waals surface area contributed by atoms with Crippen LogP contribution in [0.4, 0.5) is 5.69 Å². The van der Waals surface area contributed by atoms with Crippen LogP contribution in [-0.4, -0.2) is 47.1 Å². The maximum atomic E-state index is 12.3. The summed E-state index contributed by atoms with van der Waals surface area (Å²) < 4.78 is 18.3. The van der Waals surface area contributed by atoms with Crippen molar-refractivity contribution in [1.82, 2.24) is 14.8 Å². The minimum absolute atomic E-state index is 0.0747. The first-order chi connectivity index (χ1) is 17.1. The number of para-hydroxylation sites is 1.